The van der Waals surface area contributed by atoms with Crippen molar-refractivity contribution in [1.82, 2.24) is 24.8 Å². The molecule has 0 amide bonds. The number of imidazole rings is 1. The molecular weight excluding hydrogens is 244 g/mol. The number of anilines is 1. The molecule has 7 heteroatoms. The largest absolute Gasteiger partial charge is 0.387 e. The van der Waals surface area contributed by atoms with Crippen molar-refractivity contribution in [2.45, 2.75) is 12.0 Å². The maximum absolute atomic E-state index is 10.5. The number of rotatable bonds is 3. The van der Waals surface area contributed by atoms with E-state index in [9.17, 15) is 5.11 Å². The zero-order valence-corrected chi connectivity index (χ0v) is 11.2. The molecule has 2 N–H and O–H groups in total. The molecule has 1 atom stereocenters. The van der Waals surface area contributed by atoms with Crippen LogP contribution in [0.3, 0.4) is 0 Å². The summed E-state index contributed by atoms with van der Waals surface area (Å²) in [5, 5.41) is 10.5. The van der Waals surface area contributed by atoms with Crippen LogP contribution in [-0.2, 0) is 0 Å². The van der Waals surface area contributed by atoms with Gasteiger partial charge in [0.05, 0.1) is 24.7 Å². The average Bonchev–Trinajstić information content (AvgIpc) is 2.93. The third-order valence-corrected chi connectivity index (χ3v) is 3.39. The number of hydrogen-bond acceptors (Lipinski definition) is 6. The first kappa shape index (κ1) is 12.3. The summed E-state index contributed by atoms with van der Waals surface area (Å²) in [6, 6.07) is 0. The van der Waals surface area contributed by atoms with Gasteiger partial charge in [-0.1, -0.05) is 0 Å². The fourth-order valence-corrected chi connectivity index (χ4v) is 2.62. The molecule has 7 nitrogen and oxygen atoms in total. The number of fused-ring (bicyclic) bond motifs is 1. The van der Waals surface area contributed by atoms with Gasteiger partial charge in [-0.2, -0.15) is 4.98 Å². The molecule has 0 bridgehead atoms. The van der Waals surface area contributed by atoms with Crippen molar-refractivity contribution in [3.05, 3.63) is 12.5 Å². The normalized spacial score (nSPS) is 23.7. The van der Waals surface area contributed by atoms with Crippen molar-refractivity contribution in [2.75, 3.05) is 38.6 Å². The molecule has 1 aliphatic heterocycles. The van der Waals surface area contributed by atoms with Gasteiger partial charge in [0.2, 0.25) is 5.95 Å². The summed E-state index contributed by atoms with van der Waals surface area (Å²) in [5.41, 5.74) is 0.799. The van der Waals surface area contributed by atoms with Gasteiger partial charge in [0, 0.05) is 13.1 Å². The van der Waals surface area contributed by atoms with Gasteiger partial charge in [-0.05, 0) is 20.5 Å². The second kappa shape index (κ2) is 4.43. The Balaban J connectivity index is 1.80. The van der Waals surface area contributed by atoms with E-state index in [0.717, 1.165) is 18.5 Å². The van der Waals surface area contributed by atoms with E-state index >= 15 is 0 Å². The first-order valence-electron chi connectivity index (χ1n) is 6.34. The van der Waals surface area contributed by atoms with Crippen molar-refractivity contribution >= 4 is 17.1 Å². The fourth-order valence-electron chi connectivity index (χ4n) is 2.62. The van der Waals surface area contributed by atoms with Crippen molar-refractivity contribution in [2.24, 2.45) is 0 Å². The average molecular weight is 262 g/mol. The van der Waals surface area contributed by atoms with Gasteiger partial charge < -0.3 is 19.9 Å². The summed E-state index contributed by atoms with van der Waals surface area (Å²) in [6.45, 7) is 1.97. The molecule has 2 aromatic heterocycles. The molecule has 3 heterocycles. The molecule has 0 aliphatic carbocycles. The molecule has 0 spiro atoms. The lowest BCUT2D eigenvalue weighted by molar-refractivity contribution is 0.0365. The van der Waals surface area contributed by atoms with Crippen LogP contribution in [0.4, 0.5) is 5.95 Å². The number of aliphatic hydroxyl groups is 1. The monoisotopic (exact) mass is 262 g/mol. The van der Waals surface area contributed by atoms with E-state index in [1.807, 2.05) is 23.9 Å². The number of nitrogens with one attached hydrogen (secondary N) is 1. The summed E-state index contributed by atoms with van der Waals surface area (Å²) in [6.07, 6.45) is 4.07. The van der Waals surface area contributed by atoms with Crippen LogP contribution >= 0.6 is 0 Å². The van der Waals surface area contributed by atoms with E-state index < -0.39 is 5.60 Å². The third-order valence-electron chi connectivity index (χ3n) is 3.39. The summed E-state index contributed by atoms with van der Waals surface area (Å²) in [7, 11) is 3.93. The molecule has 0 radical (unpaired) electrons. The Hall–Kier alpha value is -1.73. The maximum Gasteiger partial charge on any atom is 0.227 e. The number of aromatic amines is 1. The standard InChI is InChI=1S/C12H18N6O/c1-17(2)6-12(19)3-4-18(7-12)11-13-5-9-10(16-11)15-8-14-9/h5,8,19H,3-4,6-7H2,1-2H3,(H,13,14,15,16)/t12-/m1/s1. The van der Waals surface area contributed by atoms with E-state index in [0.29, 0.717) is 24.7 Å². The molecule has 102 valence electrons. The van der Waals surface area contributed by atoms with Gasteiger partial charge in [-0.15, -0.1) is 0 Å². The smallest absolute Gasteiger partial charge is 0.227 e. The molecule has 1 fully saturated rings. The molecule has 0 aromatic carbocycles. The highest BCUT2D eigenvalue weighted by atomic mass is 16.3. The number of nitrogens with zero attached hydrogens (tertiary/aromatic N) is 5. The highest BCUT2D eigenvalue weighted by molar-refractivity contribution is 5.69. The maximum atomic E-state index is 10.5. The molecule has 1 saturated heterocycles. The second-order valence-electron chi connectivity index (χ2n) is 5.44. The second-order valence-corrected chi connectivity index (χ2v) is 5.44. The van der Waals surface area contributed by atoms with Crippen LogP contribution in [0.25, 0.3) is 11.2 Å². The molecule has 0 unspecified atom stereocenters. The van der Waals surface area contributed by atoms with Crippen molar-refractivity contribution < 1.29 is 5.11 Å². The lowest BCUT2D eigenvalue weighted by atomic mass is 10.0. The number of hydrogen-bond donors (Lipinski definition) is 2. The number of β-amino-alcohol motifs (C(OH)–C–C–N with tert-alkyl or cyclic N) is 1. The van der Waals surface area contributed by atoms with Crippen LogP contribution in [0.2, 0.25) is 0 Å². The summed E-state index contributed by atoms with van der Waals surface area (Å²) < 4.78 is 0. The van der Waals surface area contributed by atoms with Gasteiger partial charge >= 0.3 is 0 Å². The predicted octanol–water partition coefficient (Wildman–Crippen LogP) is -0.144. The highest BCUT2D eigenvalue weighted by Crippen LogP contribution is 2.25. The van der Waals surface area contributed by atoms with Crippen molar-refractivity contribution in [1.29, 1.82) is 0 Å². The van der Waals surface area contributed by atoms with Gasteiger partial charge in [0.15, 0.2) is 5.65 Å². The Bertz CT molecular complexity index is 582. The number of H-pyrrole nitrogens is 1. The van der Waals surface area contributed by atoms with E-state index in [1.165, 1.54) is 0 Å². The summed E-state index contributed by atoms with van der Waals surface area (Å²) in [5.74, 6) is 0.634. The molecular formula is C12H18N6O. The lowest BCUT2D eigenvalue weighted by Gasteiger charge is -2.26. The predicted molar refractivity (Wildman–Crippen MR) is 72.0 cm³/mol. The van der Waals surface area contributed by atoms with E-state index in [2.05, 4.69) is 19.9 Å². The molecule has 0 saturated carbocycles. The SMILES string of the molecule is CN(C)C[C@]1(O)CCN(c2ncc3[nH]cnc3n2)C1. The highest BCUT2D eigenvalue weighted by Gasteiger charge is 2.37. The Morgan fingerprint density at radius 3 is 3.11 bits per heavy atom. The molecule has 3 rings (SSSR count). The minimum atomic E-state index is -0.687. The third kappa shape index (κ3) is 2.39. The summed E-state index contributed by atoms with van der Waals surface area (Å²) >= 11 is 0. The lowest BCUT2D eigenvalue weighted by Crippen LogP contribution is -2.42. The van der Waals surface area contributed by atoms with Gasteiger partial charge in [-0.3, -0.25) is 0 Å². The van der Waals surface area contributed by atoms with Crippen LogP contribution in [0.1, 0.15) is 6.42 Å². The molecule has 1 aliphatic rings. The Labute approximate surface area is 111 Å². The van der Waals surface area contributed by atoms with Gasteiger partial charge in [-0.25, -0.2) is 9.97 Å². The molecule has 19 heavy (non-hydrogen) atoms. The van der Waals surface area contributed by atoms with Crippen LogP contribution in [0.5, 0.6) is 0 Å². The Morgan fingerprint density at radius 1 is 1.47 bits per heavy atom. The zero-order chi connectivity index (χ0) is 13.5. The first-order chi connectivity index (χ1) is 9.06. The van der Waals surface area contributed by atoms with Crippen LogP contribution < -0.4 is 4.90 Å². The Morgan fingerprint density at radius 2 is 2.32 bits per heavy atom. The summed E-state index contributed by atoms with van der Waals surface area (Å²) in [4.78, 5) is 19.8. The topological polar surface area (TPSA) is 81.2 Å². The molecule has 2 aromatic rings. The Kier molecular flexibility index (Phi) is 2.87. The fraction of sp³-hybridized carbons (Fsp3) is 0.583. The van der Waals surface area contributed by atoms with Crippen LogP contribution in [0, 0.1) is 0 Å². The zero-order valence-electron chi connectivity index (χ0n) is 11.2. The minimum absolute atomic E-state index is 0.557. The first-order valence-corrected chi connectivity index (χ1v) is 6.34. The van der Waals surface area contributed by atoms with E-state index in [4.69, 9.17) is 0 Å². The van der Waals surface area contributed by atoms with E-state index in [1.54, 1.807) is 12.5 Å². The van der Waals surface area contributed by atoms with Crippen molar-refractivity contribution in [3.63, 3.8) is 0 Å². The quantitative estimate of drug-likeness (QED) is 0.801. The van der Waals surface area contributed by atoms with E-state index in [-0.39, 0.29) is 0 Å². The van der Waals surface area contributed by atoms with Crippen LogP contribution in [0.15, 0.2) is 12.5 Å². The van der Waals surface area contributed by atoms with Crippen LogP contribution in [-0.4, -0.2) is 69.3 Å². The number of likely N-dealkylation sites (N-methyl/N-ethyl adjacent to an activating group) is 1. The number of aromatic nitrogens is 4. The minimum Gasteiger partial charge on any atom is -0.387 e. The van der Waals surface area contributed by atoms with Crippen molar-refractivity contribution in [3.8, 4) is 0 Å². The van der Waals surface area contributed by atoms with Gasteiger partial charge in [0.1, 0.15) is 5.52 Å². The van der Waals surface area contributed by atoms with Gasteiger partial charge in [0.25, 0.3) is 0 Å².